The number of nitrogens with one attached hydrogen (secondary N) is 3. The summed E-state index contributed by atoms with van der Waals surface area (Å²) in [6.45, 7) is 3.04. The smallest absolute Gasteiger partial charge is 0.287 e. The summed E-state index contributed by atoms with van der Waals surface area (Å²) in [6, 6.07) is 9.66. The Morgan fingerprint density at radius 2 is 2.07 bits per heavy atom. The number of carbonyl (C=O) groups is 1. The van der Waals surface area contributed by atoms with Crippen molar-refractivity contribution >= 4 is 34.6 Å². The lowest BCUT2D eigenvalue weighted by molar-refractivity contribution is 0.0918. The van der Waals surface area contributed by atoms with Crippen molar-refractivity contribution in [3.05, 3.63) is 53.0 Å². The molecule has 2 aromatic rings. The first-order chi connectivity index (χ1) is 14.1. The number of rotatable bonds is 7. The zero-order chi connectivity index (χ0) is 20.6. The number of hydrazone groups is 1. The van der Waals surface area contributed by atoms with Crippen LogP contribution in [0, 0.1) is 6.92 Å². The number of hydrogen-bond donors (Lipinski definition) is 3. The highest BCUT2D eigenvalue weighted by Crippen LogP contribution is 2.29. The molecule has 3 rings (SSSR count). The summed E-state index contributed by atoms with van der Waals surface area (Å²) in [7, 11) is 1.64. The summed E-state index contributed by atoms with van der Waals surface area (Å²) in [5.41, 5.74) is 6.37. The van der Waals surface area contributed by atoms with Crippen molar-refractivity contribution in [1.82, 2.24) is 10.7 Å². The third kappa shape index (κ3) is 5.42. The van der Waals surface area contributed by atoms with Crippen LogP contribution >= 0.6 is 12.2 Å². The fraction of sp³-hybridized carbons (Fsp3) is 0.381. The first kappa shape index (κ1) is 21.0. The Kier molecular flexibility index (Phi) is 7.37. The molecule has 0 atom stereocenters. The molecule has 29 heavy (non-hydrogen) atoms. The molecule has 154 valence electrons. The van der Waals surface area contributed by atoms with Gasteiger partial charge in [0.2, 0.25) is 0 Å². The molecule has 3 N–H and O–H groups in total. The molecule has 0 fully saturated rings. The number of amides is 1. The predicted molar refractivity (Wildman–Crippen MR) is 118 cm³/mol. The van der Waals surface area contributed by atoms with Crippen LogP contribution in [0.15, 0.2) is 39.9 Å². The van der Waals surface area contributed by atoms with E-state index in [0.717, 1.165) is 54.0 Å². The molecule has 0 bridgehead atoms. The predicted octanol–water partition coefficient (Wildman–Crippen LogP) is 3.38. The summed E-state index contributed by atoms with van der Waals surface area (Å²) in [5, 5.41) is 10.9. The van der Waals surface area contributed by atoms with E-state index in [0.29, 0.717) is 24.0 Å². The average Bonchev–Trinajstić information content (AvgIpc) is 3.07. The fourth-order valence-electron chi connectivity index (χ4n) is 3.29. The summed E-state index contributed by atoms with van der Waals surface area (Å²) in [5.74, 6) is 0.951. The average molecular weight is 415 g/mol. The van der Waals surface area contributed by atoms with E-state index < -0.39 is 0 Å². The number of benzene rings is 1. The number of carbonyl (C=O) groups excluding carboxylic acids is 1. The molecule has 0 saturated carbocycles. The second-order valence-electron chi connectivity index (χ2n) is 6.80. The number of para-hydroxylation sites is 1. The van der Waals surface area contributed by atoms with Crippen LogP contribution in [0.5, 0.6) is 0 Å². The third-order valence-electron chi connectivity index (χ3n) is 4.67. The van der Waals surface area contributed by atoms with Gasteiger partial charge in [-0.2, -0.15) is 5.10 Å². The molecular formula is C21H26N4O3S. The minimum atomic E-state index is -0.207. The van der Waals surface area contributed by atoms with Gasteiger partial charge in [0.15, 0.2) is 10.9 Å². The van der Waals surface area contributed by atoms with E-state index in [1.54, 1.807) is 7.11 Å². The van der Waals surface area contributed by atoms with Gasteiger partial charge in [-0.1, -0.05) is 18.2 Å². The second-order valence-corrected chi connectivity index (χ2v) is 7.21. The molecule has 0 aliphatic heterocycles. The Morgan fingerprint density at radius 3 is 2.83 bits per heavy atom. The van der Waals surface area contributed by atoms with Gasteiger partial charge in [0, 0.05) is 43.5 Å². The fourth-order valence-corrected chi connectivity index (χ4v) is 3.46. The molecule has 0 saturated heterocycles. The van der Waals surface area contributed by atoms with E-state index >= 15 is 0 Å². The molecule has 0 spiro atoms. The number of ether oxygens (including phenoxy) is 1. The highest BCUT2D eigenvalue weighted by molar-refractivity contribution is 7.80. The molecule has 1 aliphatic carbocycles. The highest BCUT2D eigenvalue weighted by atomic mass is 32.1. The number of fused-ring (bicyclic) bond motifs is 1. The molecule has 1 heterocycles. The lowest BCUT2D eigenvalue weighted by Crippen LogP contribution is -2.26. The standard InChI is InChI=1S/C21H26N4O3S/c1-14-18-16(24-25-21(29)23-15-8-4-3-5-9-15)10-6-11-17(18)28-19(14)20(26)22-12-7-13-27-2/h3-5,8-9H,6-7,10-13H2,1-2H3,(H,22,26)(H2,23,25,29)/b24-16+. The van der Waals surface area contributed by atoms with Crippen LogP contribution in [0.25, 0.3) is 0 Å². The van der Waals surface area contributed by atoms with Crippen molar-refractivity contribution in [3.8, 4) is 0 Å². The molecule has 1 amide bonds. The maximum absolute atomic E-state index is 12.5. The minimum absolute atomic E-state index is 0.207. The summed E-state index contributed by atoms with van der Waals surface area (Å²) in [4.78, 5) is 12.5. The normalized spacial score (nSPS) is 14.3. The highest BCUT2D eigenvalue weighted by Gasteiger charge is 2.27. The van der Waals surface area contributed by atoms with Gasteiger partial charge in [-0.3, -0.25) is 10.2 Å². The van der Waals surface area contributed by atoms with Crippen molar-refractivity contribution in [2.75, 3.05) is 25.6 Å². The van der Waals surface area contributed by atoms with Gasteiger partial charge in [-0.25, -0.2) is 0 Å². The van der Waals surface area contributed by atoms with Crippen LogP contribution in [0.4, 0.5) is 5.69 Å². The molecule has 1 aromatic heterocycles. The number of hydrogen-bond acceptors (Lipinski definition) is 5. The van der Waals surface area contributed by atoms with Gasteiger partial charge in [-0.15, -0.1) is 0 Å². The van der Waals surface area contributed by atoms with Crippen molar-refractivity contribution < 1.29 is 13.9 Å². The maximum atomic E-state index is 12.5. The van der Waals surface area contributed by atoms with Crippen LogP contribution in [0.1, 0.15) is 46.7 Å². The van der Waals surface area contributed by atoms with E-state index in [9.17, 15) is 4.79 Å². The molecular weight excluding hydrogens is 388 g/mol. The van der Waals surface area contributed by atoms with Gasteiger partial charge >= 0.3 is 0 Å². The number of methoxy groups -OCH3 is 1. The van der Waals surface area contributed by atoms with Crippen LogP contribution in [0.3, 0.4) is 0 Å². The van der Waals surface area contributed by atoms with Crippen LogP contribution in [-0.4, -0.2) is 37.0 Å². The monoisotopic (exact) mass is 414 g/mol. The molecule has 0 radical (unpaired) electrons. The summed E-state index contributed by atoms with van der Waals surface area (Å²) in [6.07, 6.45) is 3.25. The minimum Gasteiger partial charge on any atom is -0.455 e. The van der Waals surface area contributed by atoms with E-state index in [2.05, 4.69) is 21.2 Å². The van der Waals surface area contributed by atoms with Gasteiger partial charge < -0.3 is 19.8 Å². The van der Waals surface area contributed by atoms with Gasteiger partial charge in [0.1, 0.15) is 5.76 Å². The summed E-state index contributed by atoms with van der Waals surface area (Å²) >= 11 is 5.32. The number of thiocarbonyl (C=S) groups is 1. The molecule has 1 aliphatic rings. The van der Waals surface area contributed by atoms with E-state index in [-0.39, 0.29) is 5.91 Å². The first-order valence-electron chi connectivity index (χ1n) is 9.68. The maximum Gasteiger partial charge on any atom is 0.287 e. The van der Waals surface area contributed by atoms with Gasteiger partial charge in [-0.05, 0) is 50.5 Å². The summed E-state index contributed by atoms with van der Waals surface area (Å²) < 4.78 is 10.9. The Labute approximate surface area is 175 Å². The van der Waals surface area contributed by atoms with E-state index in [1.165, 1.54) is 0 Å². The van der Waals surface area contributed by atoms with Crippen molar-refractivity contribution in [2.45, 2.75) is 32.6 Å². The zero-order valence-electron chi connectivity index (χ0n) is 16.7. The number of aryl methyl sites for hydroxylation is 1. The van der Waals surface area contributed by atoms with Crippen molar-refractivity contribution in [1.29, 1.82) is 0 Å². The Bertz CT molecular complexity index is 893. The van der Waals surface area contributed by atoms with E-state index in [1.807, 2.05) is 37.3 Å². The van der Waals surface area contributed by atoms with Crippen LogP contribution in [0.2, 0.25) is 0 Å². The van der Waals surface area contributed by atoms with Crippen LogP contribution < -0.4 is 16.1 Å². The van der Waals surface area contributed by atoms with Crippen molar-refractivity contribution in [3.63, 3.8) is 0 Å². The number of anilines is 1. The second kappa shape index (κ2) is 10.2. The SMILES string of the molecule is COCCCNC(=O)c1oc2c(c1C)/C(=N/NC(=S)Nc1ccccc1)CCC2. The first-order valence-corrected chi connectivity index (χ1v) is 10.1. The largest absolute Gasteiger partial charge is 0.455 e. The number of furan rings is 1. The lowest BCUT2D eigenvalue weighted by atomic mass is 9.93. The third-order valence-corrected chi connectivity index (χ3v) is 4.86. The quantitative estimate of drug-likeness (QED) is 0.366. The lowest BCUT2D eigenvalue weighted by Gasteiger charge is -2.14. The van der Waals surface area contributed by atoms with E-state index in [4.69, 9.17) is 21.4 Å². The molecule has 1 aromatic carbocycles. The molecule has 8 heteroatoms. The van der Waals surface area contributed by atoms with Crippen molar-refractivity contribution in [2.24, 2.45) is 5.10 Å². The Hall–Kier alpha value is -2.71. The molecule has 7 nitrogen and oxygen atoms in total. The zero-order valence-corrected chi connectivity index (χ0v) is 17.5. The van der Waals surface area contributed by atoms with Gasteiger partial charge in [0.25, 0.3) is 5.91 Å². The molecule has 0 unspecified atom stereocenters. The number of nitrogens with zero attached hydrogens (tertiary/aromatic N) is 1. The van der Waals surface area contributed by atoms with Crippen LogP contribution in [-0.2, 0) is 11.2 Å². The Morgan fingerprint density at radius 1 is 1.28 bits per heavy atom. The van der Waals surface area contributed by atoms with Gasteiger partial charge in [0.05, 0.1) is 5.71 Å². The topological polar surface area (TPSA) is 87.9 Å². The Balaban J connectivity index is 1.69.